The van der Waals surface area contributed by atoms with Crippen LogP contribution in [-0.2, 0) is 37.9 Å². The van der Waals surface area contributed by atoms with E-state index in [4.69, 9.17) is 0 Å². The molecule has 0 fully saturated rings. The Bertz CT molecular complexity index is 5860. The first-order valence-corrected chi connectivity index (χ1v) is 38.6. The van der Waals surface area contributed by atoms with E-state index in [0.717, 1.165) is 84.3 Å². The first kappa shape index (κ1) is 70.7. The molecule has 0 atom stereocenters. The fraction of sp³-hybridized carbons (Fsp3) is 0.277. The maximum Gasteiger partial charge on any atom is 0.252 e. The molecule has 0 aliphatic carbocycles. The zero-order chi connectivity index (χ0) is 75.7. The Morgan fingerprint density at radius 1 is 0.271 bits per heavy atom. The maximum atomic E-state index is 12.0. The molecule has 0 unspecified atom stereocenters. The van der Waals surface area contributed by atoms with Crippen molar-refractivity contribution >= 4 is 101 Å². The molecule has 16 rings (SSSR count). The van der Waals surface area contributed by atoms with E-state index < -0.39 is 0 Å². The zero-order valence-corrected chi connectivity index (χ0v) is 66.8. The molecule has 2 aromatic heterocycles. The molecule has 534 valence electrons. The van der Waals surface area contributed by atoms with Gasteiger partial charge < -0.3 is 18.9 Å². The van der Waals surface area contributed by atoms with E-state index in [0.29, 0.717) is 5.56 Å². The molecule has 0 N–H and O–H groups in total. The highest BCUT2D eigenvalue weighted by Gasteiger charge is 2.46. The van der Waals surface area contributed by atoms with Crippen molar-refractivity contribution in [2.45, 2.75) is 183 Å². The summed E-state index contributed by atoms with van der Waals surface area (Å²) in [5.41, 5.74) is 31.7. The summed E-state index contributed by atoms with van der Waals surface area (Å²) >= 11 is 0. The fourth-order valence-corrected chi connectivity index (χ4v) is 16.8. The number of hydrogen-bond donors (Lipinski definition) is 0. The van der Waals surface area contributed by atoms with Crippen LogP contribution >= 0.6 is 0 Å². The third-order valence-corrected chi connectivity index (χ3v) is 23.2. The number of rotatable bonds is 7. The van der Waals surface area contributed by atoms with Crippen LogP contribution in [0.2, 0.25) is 0 Å². The Morgan fingerprint density at radius 2 is 0.682 bits per heavy atom. The van der Waals surface area contributed by atoms with E-state index in [2.05, 4.69) is 407 Å². The predicted molar refractivity (Wildman–Crippen MR) is 461 cm³/mol. The summed E-state index contributed by atoms with van der Waals surface area (Å²) in [5.74, 6) is 0. The molecule has 6 heteroatoms. The van der Waals surface area contributed by atoms with Crippen LogP contribution in [0.1, 0.15) is 190 Å². The van der Waals surface area contributed by atoms with Crippen LogP contribution in [0.4, 0.5) is 34.1 Å². The number of hydrogen-bond acceptors (Lipinski definition) is 3. The molecule has 2 aliphatic heterocycles. The molecular weight excluding hydrogens is 1290 g/mol. The summed E-state index contributed by atoms with van der Waals surface area (Å²) in [6.45, 7) is 48.8. The Morgan fingerprint density at radius 3 is 1.21 bits per heavy atom. The first-order chi connectivity index (χ1) is 50.4. The third-order valence-electron chi connectivity index (χ3n) is 23.2. The molecule has 2 aliphatic rings. The highest BCUT2D eigenvalue weighted by atomic mass is 15.2. The lowest BCUT2D eigenvalue weighted by Gasteiger charge is -2.46. The normalized spacial score (nSPS) is 13.6. The van der Waals surface area contributed by atoms with Gasteiger partial charge in [0, 0.05) is 66.8 Å². The largest absolute Gasteiger partial charge is 0.310 e. The molecule has 0 bridgehead atoms. The predicted octanol–water partition coefficient (Wildman–Crippen LogP) is 25.9. The SMILES string of the molecule is CC(C)(C)c1cccc(-c2cc(C(C)(C)C)cc(-c3ccccc3)c2N2c3cc(-n4c5ccc(C(C)(C)C)cc5c5cc(C(C)(C)C)ccc54)ccc3B3c4ccc(-c5cc(C(C)(C)C)cc(C(C)(C)C)c5)cc4N(c4cc(-n5c6ccccc6c6ccccc65)ccc4C#N)c4cc(C(C)(C)C)cc2c43)c1. The number of nitrogens with zero attached hydrogens (tertiary/aromatic N) is 5. The molecule has 0 spiro atoms. The lowest BCUT2D eigenvalue weighted by atomic mass is 9.33. The zero-order valence-electron chi connectivity index (χ0n) is 66.8. The Labute approximate surface area is 636 Å². The second kappa shape index (κ2) is 24.7. The van der Waals surface area contributed by atoms with Crippen molar-refractivity contribution in [2.75, 3.05) is 9.80 Å². The minimum absolute atomic E-state index is 0.0678. The van der Waals surface area contributed by atoms with Crippen molar-refractivity contribution in [1.29, 1.82) is 5.26 Å². The van der Waals surface area contributed by atoms with Crippen molar-refractivity contribution in [3.8, 4) is 50.8 Å². The molecule has 14 aromatic rings. The van der Waals surface area contributed by atoms with Gasteiger partial charge in [0.2, 0.25) is 0 Å². The fourth-order valence-electron chi connectivity index (χ4n) is 16.8. The Kier molecular flexibility index (Phi) is 16.3. The van der Waals surface area contributed by atoms with Gasteiger partial charge in [-0.3, -0.25) is 0 Å². The average molecular weight is 1400 g/mol. The van der Waals surface area contributed by atoms with E-state index in [1.54, 1.807) is 0 Å². The van der Waals surface area contributed by atoms with Crippen LogP contribution in [0.3, 0.4) is 0 Å². The van der Waals surface area contributed by atoms with Crippen molar-refractivity contribution < 1.29 is 0 Å². The van der Waals surface area contributed by atoms with Crippen molar-refractivity contribution in [3.05, 3.63) is 281 Å². The van der Waals surface area contributed by atoms with Gasteiger partial charge in [-0.05, 0) is 213 Å². The molecule has 12 aromatic carbocycles. The number of anilines is 6. The van der Waals surface area contributed by atoms with Crippen LogP contribution in [-0.4, -0.2) is 15.8 Å². The summed E-state index contributed by atoms with van der Waals surface area (Å²) in [5, 5.41) is 16.9. The summed E-state index contributed by atoms with van der Waals surface area (Å²) in [6.07, 6.45) is 0. The lowest BCUT2D eigenvalue weighted by Crippen LogP contribution is -2.61. The van der Waals surface area contributed by atoms with Crippen molar-refractivity contribution in [1.82, 2.24) is 9.13 Å². The smallest absolute Gasteiger partial charge is 0.252 e. The van der Waals surface area contributed by atoms with Gasteiger partial charge in [-0.25, -0.2) is 0 Å². The van der Waals surface area contributed by atoms with Crippen LogP contribution in [0.5, 0.6) is 0 Å². The van der Waals surface area contributed by atoms with Gasteiger partial charge in [0.25, 0.3) is 6.71 Å². The van der Waals surface area contributed by atoms with E-state index in [9.17, 15) is 5.26 Å². The van der Waals surface area contributed by atoms with Gasteiger partial charge in [0.05, 0.1) is 39.0 Å². The molecule has 0 radical (unpaired) electrons. The van der Waals surface area contributed by atoms with Gasteiger partial charge in [0.1, 0.15) is 6.07 Å². The van der Waals surface area contributed by atoms with Gasteiger partial charge in [-0.15, -0.1) is 0 Å². The summed E-state index contributed by atoms with van der Waals surface area (Å²) in [7, 11) is 0. The number of nitriles is 1. The van der Waals surface area contributed by atoms with Crippen LogP contribution < -0.4 is 26.2 Å². The van der Waals surface area contributed by atoms with Gasteiger partial charge in [0.15, 0.2) is 0 Å². The second-order valence-electron chi connectivity index (χ2n) is 37.9. The summed E-state index contributed by atoms with van der Waals surface area (Å²) in [4.78, 5) is 5.23. The summed E-state index contributed by atoms with van der Waals surface area (Å²) < 4.78 is 4.95. The molecular formula is C101H102BN5. The monoisotopic (exact) mass is 1400 g/mol. The third kappa shape index (κ3) is 12.1. The molecule has 0 saturated carbocycles. The summed E-state index contributed by atoms with van der Waals surface area (Å²) in [6, 6.07) is 94.0. The molecule has 0 amide bonds. The second-order valence-corrected chi connectivity index (χ2v) is 37.9. The van der Waals surface area contributed by atoms with Crippen molar-refractivity contribution in [3.63, 3.8) is 0 Å². The molecule has 0 saturated heterocycles. The minimum Gasteiger partial charge on any atom is -0.310 e. The Hall–Kier alpha value is -10.6. The maximum absolute atomic E-state index is 12.0. The van der Waals surface area contributed by atoms with E-state index in [1.807, 2.05) is 0 Å². The number of fused-ring (bicyclic) bond motifs is 10. The minimum atomic E-state index is -0.370. The van der Waals surface area contributed by atoms with E-state index >= 15 is 0 Å². The standard InChI is InChI=1S/C101H102BN5/c1-95(2,3)67-33-29-32-64(48-67)79-56-72(100(16,17)18)55-78(62-30-23-22-24-31-62)94(79)107-90-60-75(105-86-46-40-68(96(4,5)6)53-80(86)81-54-69(97(7,8)9)41-47-87(81)105)43-45-83(90)102-82-44-39-63(66-49-70(98(10,11)12)52-71(50-66)99(13,14)15)51-89(82)106(91-57-73(101(19,20)21)58-92(107)93(91)102)88-59-74(42-38-65(88)61-103)104-84-36-27-25-34-76(84)77-35-26-28-37-85(77)104/h22-60H,1-21H3. The lowest BCUT2D eigenvalue weighted by molar-refractivity contribution is 0.569. The van der Waals surface area contributed by atoms with Crippen LogP contribution in [0, 0.1) is 11.3 Å². The first-order valence-electron chi connectivity index (χ1n) is 38.6. The molecule has 107 heavy (non-hydrogen) atoms. The van der Waals surface area contributed by atoms with Crippen molar-refractivity contribution in [2.24, 2.45) is 0 Å². The van der Waals surface area contributed by atoms with Gasteiger partial charge in [-0.2, -0.15) is 5.26 Å². The van der Waals surface area contributed by atoms with Crippen LogP contribution in [0.25, 0.3) is 88.4 Å². The van der Waals surface area contributed by atoms with Gasteiger partial charge >= 0.3 is 0 Å². The van der Waals surface area contributed by atoms with E-state index in [-0.39, 0.29) is 44.6 Å². The highest BCUT2D eigenvalue weighted by molar-refractivity contribution is 7.00. The number of aromatic nitrogens is 2. The molecule has 4 heterocycles. The average Bonchev–Trinajstić information content (AvgIpc) is 1.31. The molecule has 5 nitrogen and oxygen atoms in total. The van der Waals surface area contributed by atoms with Gasteiger partial charge in [-0.1, -0.05) is 285 Å². The van der Waals surface area contributed by atoms with Crippen LogP contribution in [0.15, 0.2) is 237 Å². The number of benzene rings is 12. The van der Waals surface area contributed by atoms with E-state index in [1.165, 1.54) is 93.5 Å². The highest BCUT2D eigenvalue weighted by Crippen LogP contribution is 2.54. The number of para-hydroxylation sites is 2. The quantitative estimate of drug-likeness (QED) is 0.149. The Balaban J connectivity index is 1.09. The topological polar surface area (TPSA) is 40.1 Å².